The van der Waals surface area contributed by atoms with E-state index in [0.29, 0.717) is 11.4 Å². The van der Waals surface area contributed by atoms with E-state index in [-0.39, 0.29) is 30.4 Å². The van der Waals surface area contributed by atoms with Crippen LogP contribution in [0.4, 0.5) is 0 Å². The summed E-state index contributed by atoms with van der Waals surface area (Å²) in [7, 11) is 0. The molecule has 2 aromatic carbocycles. The van der Waals surface area contributed by atoms with Gasteiger partial charge in [0.15, 0.2) is 0 Å². The van der Waals surface area contributed by atoms with Gasteiger partial charge in [0.1, 0.15) is 12.6 Å². The molecule has 0 bridgehead atoms. The number of carbonyl (C=O) groups is 2. The first-order valence-electron chi connectivity index (χ1n) is 11.1. The number of benzene rings is 2. The molecule has 5 nitrogen and oxygen atoms in total. The molecule has 1 aliphatic carbocycles. The molecule has 1 aromatic heterocycles. The molecule has 2 aliphatic heterocycles. The second-order valence-corrected chi connectivity index (χ2v) is 9.38. The second kappa shape index (κ2) is 7.13. The largest absolute Gasteiger partial charge is 0.356 e. The Bertz CT molecular complexity index is 1180. The van der Waals surface area contributed by atoms with Crippen molar-refractivity contribution in [2.24, 2.45) is 0 Å². The molecule has 3 heterocycles. The molecule has 1 saturated carbocycles. The molecule has 6 heteroatoms. The van der Waals surface area contributed by atoms with Gasteiger partial charge in [-0.25, -0.2) is 0 Å². The van der Waals surface area contributed by atoms with Gasteiger partial charge < -0.3 is 14.8 Å². The van der Waals surface area contributed by atoms with Crippen molar-refractivity contribution in [1.82, 2.24) is 14.8 Å². The summed E-state index contributed by atoms with van der Waals surface area (Å²) >= 11 is 6.15. The van der Waals surface area contributed by atoms with Gasteiger partial charge in [-0.1, -0.05) is 54.8 Å². The average Bonchev–Trinajstić information content (AvgIpc) is 3.44. The fraction of sp³-hybridized carbons (Fsp3) is 0.360. The Kier molecular flexibility index (Phi) is 4.35. The van der Waals surface area contributed by atoms with Gasteiger partial charge in [-0.2, -0.15) is 0 Å². The van der Waals surface area contributed by atoms with E-state index in [4.69, 9.17) is 11.6 Å². The highest BCUT2D eigenvalue weighted by Gasteiger charge is 2.49. The molecule has 0 radical (unpaired) electrons. The van der Waals surface area contributed by atoms with E-state index in [1.807, 2.05) is 46.2 Å². The van der Waals surface area contributed by atoms with Gasteiger partial charge in [-0.05, 0) is 42.2 Å². The number of halogens is 1. The van der Waals surface area contributed by atoms with E-state index >= 15 is 0 Å². The van der Waals surface area contributed by atoms with Crippen LogP contribution in [0.5, 0.6) is 0 Å². The molecule has 158 valence electrons. The zero-order valence-corrected chi connectivity index (χ0v) is 17.9. The van der Waals surface area contributed by atoms with E-state index in [1.165, 1.54) is 0 Å². The molecule has 31 heavy (non-hydrogen) atoms. The highest BCUT2D eigenvalue weighted by molar-refractivity contribution is 6.30. The number of hydrogen-bond donors (Lipinski definition) is 1. The van der Waals surface area contributed by atoms with Gasteiger partial charge in [-0.15, -0.1) is 0 Å². The van der Waals surface area contributed by atoms with E-state index in [9.17, 15) is 9.59 Å². The van der Waals surface area contributed by atoms with Crippen LogP contribution < -0.4 is 0 Å². The minimum atomic E-state index is -0.464. The van der Waals surface area contributed by atoms with Gasteiger partial charge in [0.2, 0.25) is 11.8 Å². The van der Waals surface area contributed by atoms with Crippen molar-refractivity contribution < 1.29 is 9.59 Å². The maximum atomic E-state index is 13.7. The molecule has 1 N–H and O–H groups in total. The number of nitrogens with one attached hydrogen (secondary N) is 1. The molecule has 2 atom stereocenters. The molecule has 0 spiro atoms. The van der Waals surface area contributed by atoms with Crippen LogP contribution in [0, 0.1) is 0 Å². The Hall–Kier alpha value is -2.79. The smallest absolute Gasteiger partial charge is 0.246 e. The van der Waals surface area contributed by atoms with Crippen molar-refractivity contribution >= 4 is 34.3 Å². The Labute approximate surface area is 186 Å². The maximum Gasteiger partial charge on any atom is 0.246 e. The van der Waals surface area contributed by atoms with Crippen LogP contribution >= 0.6 is 11.6 Å². The SMILES string of the molecule is O=C1[C@H]2Cc3c([nH]c4ccccc34)[C@H](c3ccc(Cl)cc3)N2C(=O)CN1C1CCCC1. The van der Waals surface area contributed by atoms with Crippen molar-refractivity contribution in [2.75, 3.05) is 6.54 Å². The van der Waals surface area contributed by atoms with E-state index in [0.717, 1.165) is 53.4 Å². The lowest BCUT2D eigenvalue weighted by Crippen LogP contribution is -2.64. The number of hydrogen-bond acceptors (Lipinski definition) is 2. The standard InChI is InChI=1S/C25H24ClN3O2/c26-16-11-9-15(10-12-16)24-23-19(18-7-3-4-8-20(18)27-23)13-21-25(31)28(14-22(30)29(21)24)17-5-1-2-6-17/h3-4,7-12,17,21,24,27H,1-2,5-6,13-14H2/t21-,24+/m1/s1. The van der Waals surface area contributed by atoms with Gasteiger partial charge in [0.05, 0.1) is 6.04 Å². The number of nitrogens with zero attached hydrogens (tertiary/aromatic N) is 2. The second-order valence-electron chi connectivity index (χ2n) is 8.94. The van der Waals surface area contributed by atoms with Crippen LogP contribution in [-0.2, 0) is 16.0 Å². The fourth-order valence-corrected chi connectivity index (χ4v) is 5.93. The van der Waals surface area contributed by atoms with Crippen LogP contribution in [-0.4, -0.2) is 45.2 Å². The topological polar surface area (TPSA) is 56.4 Å². The highest BCUT2D eigenvalue weighted by atomic mass is 35.5. The monoisotopic (exact) mass is 433 g/mol. The molecule has 2 fully saturated rings. The number of para-hydroxylation sites is 1. The van der Waals surface area contributed by atoms with Crippen LogP contribution in [0.25, 0.3) is 10.9 Å². The Morgan fingerprint density at radius 2 is 1.71 bits per heavy atom. The van der Waals surface area contributed by atoms with E-state index < -0.39 is 6.04 Å². The molecule has 6 rings (SSSR count). The molecular formula is C25H24ClN3O2. The predicted octanol–water partition coefficient (Wildman–Crippen LogP) is 4.45. The summed E-state index contributed by atoms with van der Waals surface area (Å²) in [5.41, 5.74) is 4.16. The number of carbonyl (C=O) groups excluding carboxylic acids is 2. The van der Waals surface area contributed by atoms with Gasteiger partial charge >= 0.3 is 0 Å². The Balaban J connectivity index is 1.51. The molecule has 0 unspecified atom stereocenters. The number of amides is 2. The van der Waals surface area contributed by atoms with Crippen molar-refractivity contribution in [3.63, 3.8) is 0 Å². The minimum Gasteiger partial charge on any atom is -0.356 e. The maximum absolute atomic E-state index is 13.7. The normalized spacial score (nSPS) is 24.0. The summed E-state index contributed by atoms with van der Waals surface area (Å²) < 4.78 is 0. The third-order valence-electron chi connectivity index (χ3n) is 7.24. The Morgan fingerprint density at radius 1 is 0.968 bits per heavy atom. The van der Waals surface area contributed by atoms with Gasteiger partial charge in [0.25, 0.3) is 0 Å². The zero-order valence-electron chi connectivity index (χ0n) is 17.2. The molecular weight excluding hydrogens is 410 g/mol. The summed E-state index contributed by atoms with van der Waals surface area (Å²) in [4.78, 5) is 34.5. The minimum absolute atomic E-state index is 0.0285. The van der Waals surface area contributed by atoms with Crippen LogP contribution in [0.1, 0.15) is 48.5 Å². The molecule has 3 aromatic rings. The van der Waals surface area contributed by atoms with E-state index in [1.54, 1.807) is 0 Å². The average molecular weight is 434 g/mol. The van der Waals surface area contributed by atoms with Crippen LogP contribution in [0.3, 0.4) is 0 Å². The summed E-state index contributed by atoms with van der Waals surface area (Å²) in [6.45, 7) is 0.180. The lowest BCUT2D eigenvalue weighted by atomic mass is 9.86. The lowest BCUT2D eigenvalue weighted by molar-refractivity contribution is -0.160. The quantitative estimate of drug-likeness (QED) is 0.649. The number of aromatic nitrogens is 1. The highest BCUT2D eigenvalue weighted by Crippen LogP contribution is 2.43. The van der Waals surface area contributed by atoms with Crippen LogP contribution in [0.15, 0.2) is 48.5 Å². The van der Waals surface area contributed by atoms with Crippen molar-refractivity contribution in [3.8, 4) is 0 Å². The number of H-pyrrole nitrogens is 1. The summed E-state index contributed by atoms with van der Waals surface area (Å²) in [5, 5.41) is 1.79. The molecule has 3 aliphatic rings. The summed E-state index contributed by atoms with van der Waals surface area (Å²) in [6, 6.07) is 15.2. The third-order valence-corrected chi connectivity index (χ3v) is 7.50. The molecule has 2 amide bonds. The third kappa shape index (κ3) is 2.90. The number of fused-ring (bicyclic) bond motifs is 4. The zero-order chi connectivity index (χ0) is 21.1. The Morgan fingerprint density at radius 3 is 2.48 bits per heavy atom. The first-order valence-corrected chi connectivity index (χ1v) is 11.5. The fourth-order valence-electron chi connectivity index (χ4n) is 5.80. The number of piperazine rings is 1. The van der Waals surface area contributed by atoms with Crippen LogP contribution in [0.2, 0.25) is 5.02 Å². The number of rotatable bonds is 2. The van der Waals surface area contributed by atoms with Gasteiger partial charge in [0, 0.05) is 34.1 Å². The first-order chi connectivity index (χ1) is 15.1. The first kappa shape index (κ1) is 18.9. The van der Waals surface area contributed by atoms with Crippen molar-refractivity contribution in [1.29, 1.82) is 0 Å². The van der Waals surface area contributed by atoms with Crippen molar-refractivity contribution in [2.45, 2.75) is 50.2 Å². The molecule has 1 saturated heterocycles. The van der Waals surface area contributed by atoms with Gasteiger partial charge in [-0.3, -0.25) is 9.59 Å². The summed E-state index contributed by atoms with van der Waals surface area (Å²) in [6.07, 6.45) is 4.83. The predicted molar refractivity (Wildman–Crippen MR) is 120 cm³/mol. The number of aromatic amines is 1. The van der Waals surface area contributed by atoms with Crippen molar-refractivity contribution in [3.05, 3.63) is 70.4 Å². The lowest BCUT2D eigenvalue weighted by Gasteiger charge is -2.48. The summed E-state index contributed by atoms with van der Waals surface area (Å²) in [5.74, 6) is 0.127. The van der Waals surface area contributed by atoms with E-state index in [2.05, 4.69) is 17.1 Å².